The second kappa shape index (κ2) is 7.97. The van der Waals surface area contributed by atoms with Crippen LogP contribution in [0.5, 0.6) is 0 Å². The van der Waals surface area contributed by atoms with E-state index in [9.17, 15) is 0 Å². The van der Waals surface area contributed by atoms with Gasteiger partial charge >= 0.3 is 0 Å². The molecule has 1 heteroatoms. The molecule has 1 aromatic carbocycles. The summed E-state index contributed by atoms with van der Waals surface area (Å²) in [5.41, 5.74) is 5.40. The lowest BCUT2D eigenvalue weighted by Gasteiger charge is -2.02. The molecule has 0 radical (unpaired) electrons. The van der Waals surface area contributed by atoms with Gasteiger partial charge in [-0.15, -0.1) is 0 Å². The monoisotopic (exact) mass is 247 g/mol. The molecule has 0 unspecified atom stereocenters. The van der Waals surface area contributed by atoms with Crippen molar-refractivity contribution in [2.24, 2.45) is 0 Å². The molecule has 0 bridgehead atoms. The summed E-state index contributed by atoms with van der Waals surface area (Å²) < 4.78 is 0. The van der Waals surface area contributed by atoms with Crippen molar-refractivity contribution in [3.05, 3.63) is 35.0 Å². The van der Waals surface area contributed by atoms with Crippen LogP contribution in [0.4, 0.5) is 0 Å². The third-order valence-corrected chi connectivity index (χ3v) is 2.92. The lowest BCUT2D eigenvalue weighted by atomic mass is 10.0. The third-order valence-electron chi connectivity index (χ3n) is 2.92. The van der Waals surface area contributed by atoms with E-state index in [0.717, 1.165) is 0 Å². The molecule has 102 valence electrons. The van der Waals surface area contributed by atoms with E-state index < -0.39 is 0 Å². The second-order valence-electron chi connectivity index (χ2n) is 4.32. The van der Waals surface area contributed by atoms with Gasteiger partial charge in [-0.05, 0) is 30.9 Å². The molecule has 1 nitrogen and oxygen atoms in total. The van der Waals surface area contributed by atoms with Gasteiger partial charge < -0.3 is 4.98 Å². The van der Waals surface area contributed by atoms with Crippen molar-refractivity contribution in [1.29, 1.82) is 0 Å². The lowest BCUT2D eigenvalue weighted by molar-refractivity contribution is 0.827. The highest BCUT2D eigenvalue weighted by Crippen LogP contribution is 2.28. The van der Waals surface area contributed by atoms with Crippen molar-refractivity contribution in [2.75, 3.05) is 0 Å². The van der Waals surface area contributed by atoms with Gasteiger partial charge in [-0.25, -0.2) is 0 Å². The molecule has 1 N–H and O–H groups in total. The Labute approximate surface area is 113 Å². The van der Waals surface area contributed by atoms with Gasteiger partial charge in [0.05, 0.1) is 0 Å². The lowest BCUT2D eigenvalue weighted by Crippen LogP contribution is -1.89. The molecule has 0 atom stereocenters. The summed E-state index contributed by atoms with van der Waals surface area (Å²) in [6.45, 7) is 16.8. The summed E-state index contributed by atoms with van der Waals surface area (Å²) in [5, 5.41) is 1.37. The SMILES string of the molecule is CC.CC.Cc1c(C(C)C)[nH]c2c(C)cccc12. The van der Waals surface area contributed by atoms with E-state index >= 15 is 0 Å². The van der Waals surface area contributed by atoms with Gasteiger partial charge in [0.15, 0.2) is 0 Å². The average Bonchev–Trinajstić information content (AvgIpc) is 2.74. The summed E-state index contributed by atoms with van der Waals surface area (Å²) in [4.78, 5) is 3.53. The second-order valence-corrected chi connectivity index (χ2v) is 4.32. The Bertz CT molecular complexity index is 464. The number of hydrogen-bond donors (Lipinski definition) is 1. The van der Waals surface area contributed by atoms with Gasteiger partial charge in [-0.2, -0.15) is 0 Å². The Morgan fingerprint density at radius 1 is 0.944 bits per heavy atom. The van der Waals surface area contributed by atoms with E-state index in [-0.39, 0.29) is 0 Å². The maximum absolute atomic E-state index is 3.53. The zero-order valence-electron chi connectivity index (χ0n) is 13.3. The molecule has 18 heavy (non-hydrogen) atoms. The zero-order valence-corrected chi connectivity index (χ0v) is 13.3. The smallest absolute Gasteiger partial charge is 0.0488 e. The van der Waals surface area contributed by atoms with E-state index in [0.29, 0.717) is 5.92 Å². The first-order chi connectivity index (χ1) is 8.61. The topological polar surface area (TPSA) is 15.8 Å². The molecule has 2 aromatic rings. The van der Waals surface area contributed by atoms with Crippen molar-refractivity contribution >= 4 is 10.9 Å². The fourth-order valence-electron chi connectivity index (χ4n) is 2.10. The van der Waals surface area contributed by atoms with Crippen molar-refractivity contribution in [2.45, 2.75) is 61.3 Å². The Morgan fingerprint density at radius 2 is 1.50 bits per heavy atom. The molecule has 0 aliphatic carbocycles. The van der Waals surface area contributed by atoms with Crippen LogP contribution < -0.4 is 0 Å². The predicted molar refractivity (Wildman–Crippen MR) is 84.6 cm³/mol. The molecular formula is C17H29N. The van der Waals surface area contributed by atoms with Crippen LogP contribution in [-0.2, 0) is 0 Å². The molecule has 0 saturated carbocycles. The number of rotatable bonds is 1. The van der Waals surface area contributed by atoms with Crippen LogP contribution in [0.2, 0.25) is 0 Å². The molecule has 0 amide bonds. The van der Waals surface area contributed by atoms with Gasteiger partial charge in [-0.3, -0.25) is 0 Å². The summed E-state index contributed by atoms with van der Waals surface area (Å²) in [7, 11) is 0. The van der Waals surface area contributed by atoms with Crippen LogP contribution in [0.25, 0.3) is 10.9 Å². The molecule has 1 aromatic heterocycles. The largest absolute Gasteiger partial charge is 0.358 e. The fourth-order valence-corrected chi connectivity index (χ4v) is 2.10. The number of aryl methyl sites for hydroxylation is 2. The van der Waals surface area contributed by atoms with Crippen molar-refractivity contribution in [3.8, 4) is 0 Å². The number of aromatic nitrogens is 1. The number of para-hydroxylation sites is 1. The van der Waals surface area contributed by atoms with Crippen molar-refractivity contribution in [3.63, 3.8) is 0 Å². The van der Waals surface area contributed by atoms with Gasteiger partial charge in [0.1, 0.15) is 0 Å². The molecule has 0 spiro atoms. The first-order valence-corrected chi connectivity index (χ1v) is 7.19. The normalized spacial score (nSPS) is 9.61. The van der Waals surface area contributed by atoms with Crippen LogP contribution in [0.1, 0.15) is 64.3 Å². The van der Waals surface area contributed by atoms with Gasteiger partial charge in [0.2, 0.25) is 0 Å². The summed E-state index contributed by atoms with van der Waals surface area (Å²) in [5.74, 6) is 0.571. The van der Waals surface area contributed by atoms with E-state index in [1.165, 1.54) is 27.7 Å². The summed E-state index contributed by atoms with van der Waals surface area (Å²) >= 11 is 0. The van der Waals surface area contributed by atoms with Crippen LogP contribution in [0.15, 0.2) is 18.2 Å². The van der Waals surface area contributed by atoms with Gasteiger partial charge in [-0.1, -0.05) is 59.7 Å². The average molecular weight is 247 g/mol. The van der Waals surface area contributed by atoms with Crippen LogP contribution in [-0.4, -0.2) is 4.98 Å². The van der Waals surface area contributed by atoms with Crippen LogP contribution in [0.3, 0.4) is 0 Å². The Balaban J connectivity index is 0.000000659. The maximum atomic E-state index is 3.53. The first-order valence-electron chi connectivity index (χ1n) is 7.19. The highest BCUT2D eigenvalue weighted by molar-refractivity contribution is 5.87. The maximum Gasteiger partial charge on any atom is 0.0488 e. The minimum absolute atomic E-state index is 0.571. The fraction of sp³-hybridized carbons (Fsp3) is 0.529. The van der Waals surface area contributed by atoms with Crippen molar-refractivity contribution < 1.29 is 0 Å². The molecule has 0 aliphatic rings. The number of benzene rings is 1. The number of nitrogens with one attached hydrogen (secondary N) is 1. The summed E-state index contributed by atoms with van der Waals surface area (Å²) in [6.07, 6.45) is 0. The number of H-pyrrole nitrogens is 1. The highest BCUT2D eigenvalue weighted by Gasteiger charge is 2.10. The van der Waals surface area contributed by atoms with E-state index in [1.807, 2.05) is 27.7 Å². The molecule has 0 fully saturated rings. The number of fused-ring (bicyclic) bond motifs is 1. The standard InChI is InChI=1S/C13H17N.2C2H6/c1-8(2)12-10(4)11-7-5-6-9(3)13(11)14-12;2*1-2/h5-8,14H,1-4H3;2*1-2H3. The molecule has 0 aliphatic heterocycles. The Hall–Kier alpha value is -1.24. The van der Waals surface area contributed by atoms with Gasteiger partial charge in [0, 0.05) is 16.6 Å². The Kier molecular flexibility index (Phi) is 7.42. The first kappa shape index (κ1) is 16.8. The number of aromatic amines is 1. The molecular weight excluding hydrogens is 218 g/mol. The van der Waals surface area contributed by atoms with Crippen LogP contribution >= 0.6 is 0 Å². The summed E-state index contributed by atoms with van der Waals surface area (Å²) in [6, 6.07) is 6.48. The highest BCUT2D eigenvalue weighted by atomic mass is 14.7. The quantitative estimate of drug-likeness (QED) is 0.640. The zero-order chi connectivity index (χ0) is 14.3. The van der Waals surface area contributed by atoms with Gasteiger partial charge in [0.25, 0.3) is 0 Å². The van der Waals surface area contributed by atoms with E-state index in [1.54, 1.807) is 0 Å². The van der Waals surface area contributed by atoms with E-state index in [4.69, 9.17) is 0 Å². The number of hydrogen-bond acceptors (Lipinski definition) is 0. The minimum atomic E-state index is 0.571. The third kappa shape index (κ3) is 3.38. The van der Waals surface area contributed by atoms with Crippen molar-refractivity contribution in [1.82, 2.24) is 4.98 Å². The van der Waals surface area contributed by atoms with Crippen LogP contribution in [0, 0.1) is 13.8 Å². The van der Waals surface area contributed by atoms with E-state index in [2.05, 4.69) is 50.9 Å². The molecule has 2 rings (SSSR count). The molecule has 0 saturated heterocycles. The minimum Gasteiger partial charge on any atom is -0.358 e. The molecule has 1 heterocycles. The predicted octanol–water partition coefficient (Wildman–Crippen LogP) is 5.96. The Morgan fingerprint density at radius 3 is 1.94 bits per heavy atom.